The van der Waals surface area contributed by atoms with Gasteiger partial charge in [-0.05, 0) is 61.8 Å². The lowest BCUT2D eigenvalue weighted by atomic mass is 10.1. The molecule has 24 heavy (non-hydrogen) atoms. The van der Waals surface area contributed by atoms with Gasteiger partial charge in [-0.25, -0.2) is 0 Å². The van der Waals surface area contributed by atoms with Gasteiger partial charge in [0.25, 0.3) is 5.91 Å². The van der Waals surface area contributed by atoms with Crippen LogP contribution >= 0.6 is 27.7 Å². The fraction of sp³-hybridized carbons (Fsp3) is 0.353. The maximum Gasteiger partial charge on any atom is 0.416 e. The summed E-state index contributed by atoms with van der Waals surface area (Å²) < 4.78 is 39.2. The zero-order valence-electron chi connectivity index (χ0n) is 13.8. The minimum Gasteiger partial charge on any atom is -0.345 e. The van der Waals surface area contributed by atoms with Gasteiger partial charge in [-0.1, -0.05) is 29.5 Å². The number of nitrogens with one attached hydrogen (secondary N) is 1. The Morgan fingerprint density at radius 3 is 2.46 bits per heavy atom. The molecule has 0 saturated carbocycles. The molecule has 0 heterocycles. The summed E-state index contributed by atoms with van der Waals surface area (Å²) in [6.07, 6.45) is -2.60. The predicted molar refractivity (Wildman–Crippen MR) is 97.0 cm³/mol. The molecule has 1 unspecified atom stereocenters. The second-order valence-corrected chi connectivity index (χ2v) is 7.74. The fourth-order valence-electron chi connectivity index (χ4n) is 1.79. The minimum absolute atomic E-state index is 0.0154. The number of benzene rings is 1. The molecule has 1 amide bonds. The molecule has 2 nitrogen and oxygen atoms in total. The molecular weight excluding hydrogens is 403 g/mol. The zero-order chi connectivity index (χ0) is 18.5. The first-order valence-corrected chi connectivity index (χ1v) is 8.82. The van der Waals surface area contributed by atoms with Crippen molar-refractivity contribution in [2.45, 2.75) is 39.9 Å². The minimum atomic E-state index is -4.47. The van der Waals surface area contributed by atoms with Gasteiger partial charge in [-0.2, -0.15) is 13.2 Å². The van der Waals surface area contributed by atoms with Crippen molar-refractivity contribution < 1.29 is 18.0 Å². The van der Waals surface area contributed by atoms with Crippen LogP contribution in [-0.4, -0.2) is 11.9 Å². The molecule has 0 aromatic heterocycles. The molecule has 1 rings (SSSR count). The van der Waals surface area contributed by atoms with Crippen LogP contribution in [0.25, 0.3) is 0 Å². The van der Waals surface area contributed by atoms with Crippen LogP contribution in [0.5, 0.6) is 0 Å². The molecule has 132 valence electrons. The number of carbonyl (C=O) groups is 1. The molecule has 0 aliphatic heterocycles. The molecule has 1 atom stereocenters. The monoisotopic (exact) mass is 421 g/mol. The van der Waals surface area contributed by atoms with Crippen LogP contribution in [0.15, 0.2) is 44.6 Å². The van der Waals surface area contributed by atoms with E-state index < -0.39 is 17.6 Å². The third-order valence-electron chi connectivity index (χ3n) is 3.11. The van der Waals surface area contributed by atoms with Crippen LogP contribution in [0.2, 0.25) is 0 Å². The van der Waals surface area contributed by atoms with E-state index in [4.69, 9.17) is 0 Å². The summed E-state index contributed by atoms with van der Waals surface area (Å²) in [6.45, 7) is 7.55. The zero-order valence-corrected chi connectivity index (χ0v) is 16.2. The van der Waals surface area contributed by atoms with Crippen molar-refractivity contribution >= 4 is 33.6 Å². The second-order valence-electron chi connectivity index (χ2n) is 5.34. The predicted octanol–water partition coefficient (Wildman–Crippen LogP) is 6.11. The SMILES string of the molecule is C/C=C(\SC(Br)=C(C)C)C(C)NC(=O)c1cccc(C(F)(F)F)c1. The Balaban J connectivity index is 2.89. The number of thioether (sulfide) groups is 1. The molecule has 0 spiro atoms. The first-order chi connectivity index (χ1) is 11.1. The van der Waals surface area contributed by atoms with E-state index in [1.54, 1.807) is 6.92 Å². The summed E-state index contributed by atoms with van der Waals surface area (Å²) in [5.74, 6) is -0.540. The average molecular weight is 422 g/mol. The van der Waals surface area contributed by atoms with Gasteiger partial charge in [-0.15, -0.1) is 0 Å². The highest BCUT2D eigenvalue weighted by atomic mass is 79.9. The Bertz CT molecular complexity index is 664. The van der Waals surface area contributed by atoms with E-state index in [0.717, 1.165) is 26.4 Å². The number of carbonyl (C=O) groups excluding carboxylic acids is 1. The number of amides is 1. The van der Waals surface area contributed by atoms with E-state index in [1.807, 2.05) is 26.8 Å². The van der Waals surface area contributed by atoms with Crippen molar-refractivity contribution in [1.29, 1.82) is 0 Å². The highest BCUT2D eigenvalue weighted by Gasteiger charge is 2.31. The fourth-order valence-corrected chi connectivity index (χ4v) is 3.12. The summed E-state index contributed by atoms with van der Waals surface area (Å²) in [4.78, 5) is 13.1. The van der Waals surface area contributed by atoms with E-state index in [0.29, 0.717) is 0 Å². The van der Waals surface area contributed by atoms with Crippen LogP contribution in [0.3, 0.4) is 0 Å². The van der Waals surface area contributed by atoms with Crippen molar-refractivity contribution in [3.63, 3.8) is 0 Å². The normalized spacial score (nSPS) is 13.4. The Labute approximate surface area is 152 Å². The van der Waals surface area contributed by atoms with Crippen LogP contribution in [0, 0.1) is 0 Å². The molecule has 0 fully saturated rings. The highest BCUT2D eigenvalue weighted by Crippen LogP contribution is 2.34. The molecule has 1 aromatic rings. The number of rotatable bonds is 5. The Hall–Kier alpha value is -1.21. The lowest BCUT2D eigenvalue weighted by Gasteiger charge is -2.18. The lowest BCUT2D eigenvalue weighted by molar-refractivity contribution is -0.137. The number of hydrogen-bond donors (Lipinski definition) is 1. The van der Waals surface area contributed by atoms with Crippen LogP contribution < -0.4 is 5.32 Å². The van der Waals surface area contributed by atoms with E-state index in [1.165, 1.54) is 23.9 Å². The Morgan fingerprint density at radius 1 is 1.33 bits per heavy atom. The molecular formula is C17H19BrF3NOS. The third kappa shape index (κ3) is 6.02. The first-order valence-electron chi connectivity index (χ1n) is 7.21. The van der Waals surface area contributed by atoms with Gasteiger partial charge in [0.2, 0.25) is 0 Å². The highest BCUT2D eigenvalue weighted by molar-refractivity contribution is 9.14. The van der Waals surface area contributed by atoms with Crippen molar-refractivity contribution in [2.24, 2.45) is 0 Å². The topological polar surface area (TPSA) is 29.1 Å². The summed E-state index contributed by atoms with van der Waals surface area (Å²) in [5.41, 5.74) is 0.241. The summed E-state index contributed by atoms with van der Waals surface area (Å²) in [6, 6.07) is 4.07. The van der Waals surface area contributed by atoms with Crippen molar-refractivity contribution in [3.8, 4) is 0 Å². The molecule has 0 aliphatic carbocycles. The van der Waals surface area contributed by atoms with Crippen molar-refractivity contribution in [3.05, 3.63) is 55.8 Å². The van der Waals surface area contributed by atoms with Crippen LogP contribution in [0.1, 0.15) is 43.6 Å². The van der Waals surface area contributed by atoms with Gasteiger partial charge in [-0.3, -0.25) is 4.79 Å². The molecule has 0 radical (unpaired) electrons. The smallest absolute Gasteiger partial charge is 0.345 e. The second kappa shape index (κ2) is 8.76. The summed E-state index contributed by atoms with van der Waals surface area (Å²) >= 11 is 4.93. The van der Waals surface area contributed by atoms with Gasteiger partial charge >= 0.3 is 6.18 Å². The van der Waals surface area contributed by atoms with Crippen LogP contribution in [-0.2, 0) is 6.18 Å². The Morgan fingerprint density at radius 2 is 1.96 bits per heavy atom. The molecule has 7 heteroatoms. The molecule has 1 N–H and O–H groups in total. The largest absolute Gasteiger partial charge is 0.416 e. The molecule has 1 aromatic carbocycles. The standard InChI is InChI=1S/C17H19BrF3NOS/c1-5-14(24-15(18)10(2)3)11(4)22-16(23)12-7-6-8-13(9-12)17(19,20)21/h5-9,11H,1-4H3,(H,22,23)/b14-5-. The van der Waals surface area contributed by atoms with Crippen molar-refractivity contribution in [1.82, 2.24) is 5.32 Å². The maximum atomic E-state index is 12.7. The van der Waals surface area contributed by atoms with Gasteiger partial charge in [0.1, 0.15) is 0 Å². The maximum absolute atomic E-state index is 12.7. The van der Waals surface area contributed by atoms with Gasteiger partial charge in [0, 0.05) is 10.5 Å². The van der Waals surface area contributed by atoms with Gasteiger partial charge < -0.3 is 5.32 Å². The van der Waals surface area contributed by atoms with Crippen molar-refractivity contribution in [2.75, 3.05) is 0 Å². The van der Waals surface area contributed by atoms with Crippen LogP contribution in [0.4, 0.5) is 13.2 Å². The van der Waals surface area contributed by atoms with Gasteiger partial charge in [0.15, 0.2) is 0 Å². The number of alkyl halides is 3. The van der Waals surface area contributed by atoms with Gasteiger partial charge in [0.05, 0.1) is 15.4 Å². The summed E-state index contributed by atoms with van der Waals surface area (Å²) in [7, 11) is 0. The number of allylic oxidation sites excluding steroid dienone is 2. The first kappa shape index (κ1) is 20.8. The molecule has 0 bridgehead atoms. The number of hydrogen-bond acceptors (Lipinski definition) is 2. The van der Waals surface area contributed by atoms with E-state index in [2.05, 4.69) is 21.2 Å². The van der Waals surface area contributed by atoms with E-state index >= 15 is 0 Å². The quantitative estimate of drug-likeness (QED) is 0.621. The molecule has 0 aliphatic rings. The Kier molecular flexibility index (Phi) is 7.60. The third-order valence-corrected chi connectivity index (χ3v) is 5.80. The summed E-state index contributed by atoms with van der Waals surface area (Å²) in [5, 5.41) is 2.73. The molecule has 0 saturated heterocycles. The van der Waals surface area contributed by atoms with E-state index in [9.17, 15) is 18.0 Å². The van der Waals surface area contributed by atoms with E-state index in [-0.39, 0.29) is 11.6 Å². The lowest BCUT2D eigenvalue weighted by Crippen LogP contribution is -2.33. The average Bonchev–Trinajstić information content (AvgIpc) is 2.51. The number of halogens is 4.